The highest BCUT2D eigenvalue weighted by Crippen LogP contribution is 2.20. The van der Waals surface area contributed by atoms with Crippen molar-refractivity contribution in [1.82, 2.24) is 25.1 Å². The van der Waals surface area contributed by atoms with Crippen LogP contribution < -0.4 is 0 Å². The van der Waals surface area contributed by atoms with Crippen molar-refractivity contribution in [3.8, 4) is 11.5 Å². The third kappa shape index (κ3) is 3.83. The zero-order chi connectivity index (χ0) is 17.2. The quantitative estimate of drug-likeness (QED) is 0.678. The monoisotopic (exact) mass is 327 g/mol. The molecule has 0 fully saturated rings. The lowest BCUT2D eigenvalue weighted by molar-refractivity contribution is 0.00696. The summed E-state index contributed by atoms with van der Waals surface area (Å²) in [7, 11) is 0. The number of nitrogens with zero attached hydrogens (tertiary/aromatic N) is 5. The van der Waals surface area contributed by atoms with Gasteiger partial charge in [0.1, 0.15) is 12.1 Å². The number of carbonyl (C=O) groups excluding carboxylic acids is 1. The Labute approximate surface area is 138 Å². The molecule has 0 N–H and O–H groups in total. The molecule has 0 radical (unpaired) electrons. The van der Waals surface area contributed by atoms with Gasteiger partial charge in [0.05, 0.1) is 11.8 Å². The van der Waals surface area contributed by atoms with Crippen LogP contribution in [0.2, 0.25) is 0 Å². The van der Waals surface area contributed by atoms with Gasteiger partial charge in [-0.15, -0.1) is 5.10 Å². The van der Waals surface area contributed by atoms with Gasteiger partial charge in [0.2, 0.25) is 0 Å². The molecule has 8 heteroatoms. The minimum atomic E-state index is -0.553. The van der Waals surface area contributed by atoms with Crippen molar-refractivity contribution in [1.29, 1.82) is 0 Å². The number of esters is 1. The first-order valence-electron chi connectivity index (χ1n) is 7.41. The van der Waals surface area contributed by atoms with Gasteiger partial charge in [0.25, 0.3) is 5.89 Å². The lowest BCUT2D eigenvalue weighted by Crippen LogP contribution is -2.23. The Morgan fingerprint density at radius 1 is 1.33 bits per heavy atom. The summed E-state index contributed by atoms with van der Waals surface area (Å²) in [6, 6.07) is 6.89. The Morgan fingerprint density at radius 2 is 2.17 bits per heavy atom. The Hall–Kier alpha value is -3.03. The first-order valence-corrected chi connectivity index (χ1v) is 7.41. The molecule has 3 rings (SSSR count). The predicted octanol–water partition coefficient (Wildman–Crippen LogP) is 2.33. The number of benzene rings is 1. The second-order valence-electron chi connectivity index (χ2n) is 6.20. The molecular formula is C16H17N5O3. The molecule has 0 amide bonds. The van der Waals surface area contributed by atoms with Gasteiger partial charge >= 0.3 is 5.97 Å². The van der Waals surface area contributed by atoms with E-state index >= 15 is 0 Å². The van der Waals surface area contributed by atoms with E-state index in [9.17, 15) is 4.79 Å². The molecule has 2 heterocycles. The molecule has 0 bridgehead atoms. The smallest absolute Gasteiger partial charge is 0.338 e. The van der Waals surface area contributed by atoms with E-state index < -0.39 is 11.6 Å². The van der Waals surface area contributed by atoms with E-state index in [1.165, 1.54) is 0 Å². The summed E-state index contributed by atoms with van der Waals surface area (Å²) < 4.78 is 12.2. The lowest BCUT2D eigenvalue weighted by atomic mass is 10.1. The van der Waals surface area contributed by atoms with Gasteiger partial charge in [-0.3, -0.25) is 0 Å². The van der Waals surface area contributed by atoms with E-state index in [1.54, 1.807) is 41.3 Å². The summed E-state index contributed by atoms with van der Waals surface area (Å²) >= 11 is 0. The average molecular weight is 327 g/mol. The summed E-state index contributed by atoms with van der Waals surface area (Å²) in [5.74, 6) is 0.403. The van der Waals surface area contributed by atoms with E-state index in [2.05, 4.69) is 20.5 Å². The number of rotatable bonds is 4. The molecule has 0 aliphatic rings. The third-order valence-corrected chi connectivity index (χ3v) is 2.99. The van der Waals surface area contributed by atoms with Crippen molar-refractivity contribution >= 4 is 5.97 Å². The summed E-state index contributed by atoms with van der Waals surface area (Å²) in [4.78, 5) is 16.5. The summed E-state index contributed by atoms with van der Waals surface area (Å²) in [6.45, 7) is 5.82. The van der Waals surface area contributed by atoms with Crippen LogP contribution in [0.1, 0.15) is 37.0 Å². The first-order chi connectivity index (χ1) is 11.4. The maximum Gasteiger partial charge on any atom is 0.338 e. The molecular weight excluding hydrogens is 310 g/mol. The molecule has 0 spiro atoms. The fourth-order valence-electron chi connectivity index (χ4n) is 2.01. The summed E-state index contributed by atoms with van der Waals surface area (Å²) in [5, 5.41) is 11.5. The molecule has 0 atom stereocenters. The maximum absolute atomic E-state index is 12.2. The first kappa shape index (κ1) is 15.9. The number of ether oxygens (including phenoxy) is 1. The summed E-state index contributed by atoms with van der Waals surface area (Å²) in [6.07, 6.45) is 3.28. The van der Waals surface area contributed by atoms with Gasteiger partial charge in [-0.25, -0.2) is 9.48 Å². The molecule has 0 saturated carbocycles. The highest BCUT2D eigenvalue weighted by Gasteiger charge is 2.19. The van der Waals surface area contributed by atoms with E-state index in [-0.39, 0.29) is 0 Å². The predicted molar refractivity (Wildman–Crippen MR) is 84.0 cm³/mol. The molecule has 0 aliphatic heterocycles. The molecule has 24 heavy (non-hydrogen) atoms. The van der Waals surface area contributed by atoms with Crippen LogP contribution in [0, 0.1) is 0 Å². The minimum absolute atomic E-state index is 0.329. The molecule has 3 aromatic rings. The molecule has 0 saturated heterocycles. The minimum Gasteiger partial charge on any atom is -0.456 e. The Balaban J connectivity index is 1.79. The van der Waals surface area contributed by atoms with Crippen LogP contribution in [-0.4, -0.2) is 36.7 Å². The standard InChI is InChI=1S/C16H17N5O3/c1-16(2,3)23-15(22)12-6-4-5-11(9-12)14-18-13(19-24-14)10-21-8-7-17-20-21/h4-9H,10H2,1-3H3. The van der Waals surface area contributed by atoms with Crippen LogP contribution in [-0.2, 0) is 11.3 Å². The fraction of sp³-hybridized carbons (Fsp3) is 0.312. The van der Waals surface area contributed by atoms with Gasteiger partial charge in [-0.1, -0.05) is 16.4 Å². The highest BCUT2D eigenvalue weighted by molar-refractivity contribution is 5.90. The van der Waals surface area contributed by atoms with Crippen molar-refractivity contribution in [3.05, 3.63) is 48.0 Å². The molecule has 0 aliphatic carbocycles. The number of aromatic nitrogens is 5. The molecule has 124 valence electrons. The van der Waals surface area contributed by atoms with Gasteiger partial charge in [-0.05, 0) is 39.0 Å². The molecule has 2 aromatic heterocycles. The second kappa shape index (κ2) is 6.23. The Bertz CT molecular complexity index is 834. The van der Waals surface area contributed by atoms with Crippen molar-refractivity contribution in [2.24, 2.45) is 0 Å². The molecule has 8 nitrogen and oxygen atoms in total. The van der Waals surface area contributed by atoms with Crippen LogP contribution in [0.25, 0.3) is 11.5 Å². The maximum atomic E-state index is 12.2. The normalized spacial score (nSPS) is 11.5. The van der Waals surface area contributed by atoms with Crippen molar-refractivity contribution in [2.75, 3.05) is 0 Å². The zero-order valence-corrected chi connectivity index (χ0v) is 13.6. The average Bonchev–Trinajstić information content (AvgIpc) is 3.18. The zero-order valence-electron chi connectivity index (χ0n) is 13.6. The summed E-state index contributed by atoms with van der Waals surface area (Å²) in [5.41, 5.74) is 0.525. The van der Waals surface area contributed by atoms with Gasteiger partial charge in [-0.2, -0.15) is 4.98 Å². The second-order valence-corrected chi connectivity index (χ2v) is 6.20. The van der Waals surface area contributed by atoms with Gasteiger partial charge < -0.3 is 9.26 Å². The van der Waals surface area contributed by atoms with Gasteiger partial charge in [0, 0.05) is 11.8 Å². The van der Waals surface area contributed by atoms with Crippen molar-refractivity contribution < 1.29 is 14.1 Å². The van der Waals surface area contributed by atoms with Crippen LogP contribution in [0.15, 0.2) is 41.2 Å². The van der Waals surface area contributed by atoms with Crippen molar-refractivity contribution in [2.45, 2.75) is 32.9 Å². The number of hydrogen-bond donors (Lipinski definition) is 0. The Kier molecular flexibility index (Phi) is 4.11. The van der Waals surface area contributed by atoms with Crippen LogP contribution in [0.4, 0.5) is 0 Å². The number of hydrogen-bond acceptors (Lipinski definition) is 7. The van der Waals surface area contributed by atoms with Crippen LogP contribution in [0.3, 0.4) is 0 Å². The van der Waals surface area contributed by atoms with E-state index in [0.29, 0.717) is 29.4 Å². The van der Waals surface area contributed by atoms with E-state index in [4.69, 9.17) is 9.26 Å². The third-order valence-electron chi connectivity index (χ3n) is 2.99. The highest BCUT2D eigenvalue weighted by atomic mass is 16.6. The lowest BCUT2D eigenvalue weighted by Gasteiger charge is -2.19. The van der Waals surface area contributed by atoms with E-state index in [1.807, 2.05) is 20.8 Å². The fourth-order valence-corrected chi connectivity index (χ4v) is 2.01. The van der Waals surface area contributed by atoms with E-state index in [0.717, 1.165) is 0 Å². The molecule has 0 unspecified atom stereocenters. The van der Waals surface area contributed by atoms with Crippen LogP contribution >= 0.6 is 0 Å². The topological polar surface area (TPSA) is 95.9 Å². The molecule has 1 aromatic carbocycles. The largest absolute Gasteiger partial charge is 0.456 e. The SMILES string of the molecule is CC(C)(C)OC(=O)c1cccc(-c2nc(Cn3ccnn3)no2)c1. The van der Waals surface area contributed by atoms with Gasteiger partial charge in [0.15, 0.2) is 5.82 Å². The number of carbonyl (C=O) groups is 1. The Morgan fingerprint density at radius 3 is 2.88 bits per heavy atom. The van der Waals surface area contributed by atoms with Crippen LogP contribution in [0.5, 0.6) is 0 Å². The van der Waals surface area contributed by atoms with Crippen molar-refractivity contribution in [3.63, 3.8) is 0 Å².